The van der Waals surface area contributed by atoms with Gasteiger partial charge < -0.3 is 33.2 Å². The minimum absolute atomic E-state index is 0.0683. The molecule has 11 atom stereocenters. The zero-order chi connectivity index (χ0) is 25.5. The monoisotopic (exact) mass is 576 g/mol. The molecule has 4 unspecified atom stereocenters. The summed E-state index contributed by atoms with van der Waals surface area (Å²) in [5.41, 5.74) is 0.522. The molecule has 5 heterocycles. The van der Waals surface area contributed by atoms with E-state index in [0.29, 0.717) is 31.2 Å². The van der Waals surface area contributed by atoms with E-state index < -0.39 is 0 Å². The minimum atomic E-state index is -0.349. The topological polar surface area (TPSA) is 89.5 Å². The standard InChI is InChI=1S/C28H33BrO8/c1-15(29)13-18(33-28(31)16-5-3-2-4-6-16)8-9-19-21-14-22-24(34-19)26-27(37-22)25(36-21)23-20(35-26)10-7-17(32-23)11-12-30/h2-6,12,17-27H,1,7-11,13-14H2/t17-,18+,19-,20?,21+,22?,23+,24?,25?,26+,27+/m1/s1. The maximum atomic E-state index is 12.7. The highest BCUT2D eigenvalue weighted by Gasteiger charge is 2.63. The number of fused-ring (bicyclic) bond motifs is 4. The van der Waals surface area contributed by atoms with E-state index in [1.165, 1.54) is 0 Å². The van der Waals surface area contributed by atoms with Crippen molar-refractivity contribution in [2.24, 2.45) is 0 Å². The Morgan fingerprint density at radius 1 is 0.973 bits per heavy atom. The van der Waals surface area contributed by atoms with Crippen LogP contribution in [-0.2, 0) is 33.2 Å². The van der Waals surface area contributed by atoms with Gasteiger partial charge in [0, 0.05) is 19.3 Å². The van der Waals surface area contributed by atoms with E-state index in [1.54, 1.807) is 12.1 Å². The molecule has 0 aromatic heterocycles. The van der Waals surface area contributed by atoms with Gasteiger partial charge in [0.05, 0.1) is 36.1 Å². The molecule has 5 aliphatic heterocycles. The van der Waals surface area contributed by atoms with Crippen LogP contribution in [-0.4, -0.2) is 79.4 Å². The Kier molecular flexibility index (Phi) is 7.53. The summed E-state index contributed by atoms with van der Waals surface area (Å²) in [5.74, 6) is -0.349. The van der Waals surface area contributed by atoms with Crippen LogP contribution >= 0.6 is 15.9 Å². The van der Waals surface area contributed by atoms with Crippen LogP contribution in [0, 0.1) is 0 Å². The molecule has 0 radical (unpaired) electrons. The summed E-state index contributed by atoms with van der Waals surface area (Å²) in [6.07, 6.45) is 3.45. The molecular weight excluding hydrogens is 544 g/mol. The van der Waals surface area contributed by atoms with Crippen molar-refractivity contribution in [2.45, 2.75) is 112 Å². The van der Waals surface area contributed by atoms with Crippen molar-refractivity contribution in [3.05, 3.63) is 47.0 Å². The molecule has 0 spiro atoms. The number of aldehydes is 1. The van der Waals surface area contributed by atoms with Gasteiger partial charge in [-0.15, -0.1) is 0 Å². The first-order valence-corrected chi connectivity index (χ1v) is 14.1. The molecule has 1 aromatic carbocycles. The average molecular weight is 577 g/mol. The fraction of sp³-hybridized carbons (Fsp3) is 0.643. The summed E-state index contributed by atoms with van der Waals surface area (Å²) >= 11 is 3.43. The first kappa shape index (κ1) is 25.6. The normalized spacial score (nSPS) is 40.4. The molecule has 0 saturated carbocycles. The highest BCUT2D eigenvalue weighted by Crippen LogP contribution is 2.48. The third-order valence-corrected chi connectivity index (χ3v) is 8.55. The van der Waals surface area contributed by atoms with E-state index in [4.69, 9.17) is 28.4 Å². The van der Waals surface area contributed by atoms with Gasteiger partial charge in [0.1, 0.15) is 42.9 Å². The van der Waals surface area contributed by atoms with Gasteiger partial charge in [-0.3, -0.25) is 0 Å². The van der Waals surface area contributed by atoms with Crippen LogP contribution in [0.2, 0.25) is 0 Å². The molecule has 0 aliphatic carbocycles. The lowest BCUT2D eigenvalue weighted by Gasteiger charge is -2.51. The third kappa shape index (κ3) is 5.18. The number of carbonyl (C=O) groups is 2. The number of benzene rings is 1. The quantitative estimate of drug-likeness (QED) is 0.323. The first-order valence-electron chi connectivity index (χ1n) is 13.3. The van der Waals surface area contributed by atoms with E-state index in [1.807, 2.05) is 18.2 Å². The van der Waals surface area contributed by atoms with Gasteiger partial charge in [-0.2, -0.15) is 0 Å². The zero-order valence-electron chi connectivity index (χ0n) is 20.6. The molecular formula is C28H33BrO8. The molecule has 37 heavy (non-hydrogen) atoms. The second kappa shape index (κ2) is 10.9. The molecule has 1 aromatic rings. The maximum absolute atomic E-state index is 12.7. The molecule has 0 N–H and O–H groups in total. The first-order chi connectivity index (χ1) is 18.0. The summed E-state index contributed by atoms with van der Waals surface area (Å²) in [7, 11) is 0. The lowest BCUT2D eigenvalue weighted by atomic mass is 9.84. The lowest BCUT2D eigenvalue weighted by Crippen LogP contribution is -2.66. The minimum Gasteiger partial charge on any atom is -0.458 e. The Hall–Kier alpha value is -1.62. The van der Waals surface area contributed by atoms with Gasteiger partial charge in [0.2, 0.25) is 0 Å². The maximum Gasteiger partial charge on any atom is 0.338 e. The van der Waals surface area contributed by atoms with Crippen LogP contribution in [0.25, 0.3) is 0 Å². The largest absolute Gasteiger partial charge is 0.458 e. The second-order valence-corrected chi connectivity index (χ2v) is 11.8. The van der Waals surface area contributed by atoms with Crippen molar-refractivity contribution in [3.63, 3.8) is 0 Å². The number of hydrogen-bond acceptors (Lipinski definition) is 8. The van der Waals surface area contributed by atoms with Gasteiger partial charge in [-0.25, -0.2) is 4.79 Å². The fourth-order valence-electron chi connectivity index (χ4n) is 6.54. The molecule has 0 amide bonds. The number of hydrogen-bond donors (Lipinski definition) is 0. The molecule has 9 heteroatoms. The zero-order valence-corrected chi connectivity index (χ0v) is 22.2. The van der Waals surface area contributed by atoms with Crippen LogP contribution in [0.1, 0.15) is 55.3 Å². The highest BCUT2D eigenvalue weighted by atomic mass is 79.9. The highest BCUT2D eigenvalue weighted by molar-refractivity contribution is 9.11. The number of carbonyl (C=O) groups excluding carboxylic acids is 2. The van der Waals surface area contributed by atoms with Gasteiger partial charge in [0.25, 0.3) is 0 Å². The molecule has 5 saturated heterocycles. The van der Waals surface area contributed by atoms with Crippen molar-refractivity contribution < 1.29 is 38.0 Å². The Balaban J connectivity index is 1.14. The van der Waals surface area contributed by atoms with Gasteiger partial charge in [0.15, 0.2) is 0 Å². The number of ether oxygens (including phenoxy) is 6. The van der Waals surface area contributed by atoms with Gasteiger partial charge >= 0.3 is 5.97 Å². The fourth-order valence-corrected chi connectivity index (χ4v) is 6.90. The SMILES string of the molecule is C=C(Br)C[C@H](CC[C@H]1OC2C3C[C@@H]1OC1[C@H]4O[C@@H](CC=O)CCC4O[C@@H]2[C@H]1O3)OC(=O)c1ccccc1. The molecule has 6 rings (SSSR count). The van der Waals surface area contributed by atoms with Gasteiger partial charge in [-0.05, 0) is 42.3 Å². The Morgan fingerprint density at radius 2 is 1.68 bits per heavy atom. The molecule has 3 bridgehead atoms. The van der Waals surface area contributed by atoms with Gasteiger partial charge in [-0.1, -0.05) is 40.7 Å². The van der Waals surface area contributed by atoms with Crippen molar-refractivity contribution >= 4 is 28.2 Å². The van der Waals surface area contributed by atoms with Crippen LogP contribution in [0.15, 0.2) is 41.4 Å². The smallest absolute Gasteiger partial charge is 0.338 e. The van der Waals surface area contributed by atoms with E-state index in [0.717, 1.165) is 30.0 Å². The number of halogens is 1. The van der Waals surface area contributed by atoms with E-state index in [-0.39, 0.29) is 73.1 Å². The van der Waals surface area contributed by atoms with Crippen molar-refractivity contribution in [3.8, 4) is 0 Å². The molecule has 5 fully saturated rings. The average Bonchev–Trinajstić information content (AvgIpc) is 3.14. The van der Waals surface area contributed by atoms with Crippen LogP contribution < -0.4 is 0 Å². The van der Waals surface area contributed by atoms with Crippen molar-refractivity contribution in [2.75, 3.05) is 0 Å². The lowest BCUT2D eigenvalue weighted by molar-refractivity contribution is -0.300. The molecule has 8 nitrogen and oxygen atoms in total. The van der Waals surface area contributed by atoms with Crippen LogP contribution in [0.3, 0.4) is 0 Å². The summed E-state index contributed by atoms with van der Waals surface area (Å²) < 4.78 is 39.1. The Labute approximate surface area is 225 Å². The summed E-state index contributed by atoms with van der Waals surface area (Å²) in [5, 5.41) is 0. The molecule has 200 valence electrons. The van der Waals surface area contributed by atoms with Crippen molar-refractivity contribution in [1.82, 2.24) is 0 Å². The van der Waals surface area contributed by atoms with Crippen molar-refractivity contribution in [1.29, 1.82) is 0 Å². The third-order valence-electron chi connectivity index (χ3n) is 8.22. The van der Waals surface area contributed by atoms with E-state index in [2.05, 4.69) is 22.5 Å². The second-order valence-electron chi connectivity index (χ2n) is 10.7. The summed E-state index contributed by atoms with van der Waals surface area (Å²) in [4.78, 5) is 23.8. The predicted octanol–water partition coefficient (Wildman–Crippen LogP) is 3.89. The number of rotatable bonds is 9. The Morgan fingerprint density at radius 3 is 2.43 bits per heavy atom. The van der Waals surface area contributed by atoms with E-state index in [9.17, 15) is 9.59 Å². The number of esters is 1. The predicted molar refractivity (Wildman–Crippen MR) is 135 cm³/mol. The molecule has 5 aliphatic rings. The summed E-state index contributed by atoms with van der Waals surface area (Å²) in [6.45, 7) is 3.95. The van der Waals surface area contributed by atoms with E-state index >= 15 is 0 Å². The summed E-state index contributed by atoms with van der Waals surface area (Å²) in [6, 6.07) is 9.00. The Bertz CT molecular complexity index is 1000. The van der Waals surface area contributed by atoms with Crippen LogP contribution in [0.5, 0.6) is 0 Å². The van der Waals surface area contributed by atoms with Crippen LogP contribution in [0.4, 0.5) is 0 Å².